The average molecular weight is 259 g/mol. The SMILES string of the molecule is CC1CCC(C(N)C2COc3ccccc32)CC1C. The number of benzene rings is 1. The number of nitrogens with two attached hydrogens (primary N) is 1. The second kappa shape index (κ2) is 5.16. The average Bonchev–Trinajstić information content (AvgIpc) is 2.85. The van der Waals surface area contributed by atoms with E-state index in [1.54, 1.807) is 0 Å². The van der Waals surface area contributed by atoms with Gasteiger partial charge in [-0.15, -0.1) is 0 Å². The topological polar surface area (TPSA) is 35.2 Å². The van der Waals surface area contributed by atoms with Crippen LogP contribution in [0.15, 0.2) is 24.3 Å². The highest BCUT2D eigenvalue weighted by Crippen LogP contribution is 2.42. The predicted octanol–water partition coefficient (Wildman–Crippen LogP) is 3.56. The van der Waals surface area contributed by atoms with Gasteiger partial charge in [-0.05, 0) is 36.7 Å². The number of ether oxygens (including phenoxy) is 1. The van der Waals surface area contributed by atoms with Crippen LogP contribution in [0.4, 0.5) is 0 Å². The molecule has 2 aliphatic rings. The number of rotatable bonds is 2. The van der Waals surface area contributed by atoms with Crippen LogP contribution in [0, 0.1) is 17.8 Å². The summed E-state index contributed by atoms with van der Waals surface area (Å²) in [6, 6.07) is 8.63. The lowest BCUT2D eigenvalue weighted by Gasteiger charge is -2.37. The molecule has 1 saturated carbocycles. The number of fused-ring (bicyclic) bond motifs is 1. The van der Waals surface area contributed by atoms with Crippen molar-refractivity contribution in [3.05, 3.63) is 29.8 Å². The molecule has 0 bridgehead atoms. The monoisotopic (exact) mass is 259 g/mol. The van der Waals surface area contributed by atoms with Crippen LogP contribution < -0.4 is 10.5 Å². The summed E-state index contributed by atoms with van der Waals surface area (Å²) in [5, 5.41) is 0. The van der Waals surface area contributed by atoms with Crippen molar-refractivity contribution in [3.63, 3.8) is 0 Å². The van der Waals surface area contributed by atoms with E-state index in [0.29, 0.717) is 11.8 Å². The molecule has 5 atom stereocenters. The van der Waals surface area contributed by atoms with E-state index in [4.69, 9.17) is 10.5 Å². The van der Waals surface area contributed by atoms with E-state index in [0.717, 1.165) is 24.2 Å². The molecule has 0 spiro atoms. The minimum absolute atomic E-state index is 0.249. The van der Waals surface area contributed by atoms with E-state index >= 15 is 0 Å². The maximum Gasteiger partial charge on any atom is 0.122 e. The van der Waals surface area contributed by atoms with E-state index < -0.39 is 0 Å². The van der Waals surface area contributed by atoms with Crippen molar-refractivity contribution in [2.45, 2.75) is 45.1 Å². The van der Waals surface area contributed by atoms with E-state index in [-0.39, 0.29) is 6.04 Å². The highest BCUT2D eigenvalue weighted by Gasteiger charge is 2.36. The maximum absolute atomic E-state index is 6.60. The smallest absolute Gasteiger partial charge is 0.122 e. The third-order valence-corrected chi connectivity index (χ3v) is 5.38. The van der Waals surface area contributed by atoms with Gasteiger partial charge in [0.25, 0.3) is 0 Å². The molecule has 0 saturated heterocycles. The Hall–Kier alpha value is -1.02. The van der Waals surface area contributed by atoms with Crippen molar-refractivity contribution >= 4 is 0 Å². The molecule has 104 valence electrons. The first-order valence-electron chi connectivity index (χ1n) is 7.64. The minimum atomic E-state index is 0.249. The largest absolute Gasteiger partial charge is 0.493 e. The fourth-order valence-electron chi connectivity index (χ4n) is 3.77. The van der Waals surface area contributed by atoms with Crippen molar-refractivity contribution in [2.75, 3.05) is 6.61 Å². The van der Waals surface area contributed by atoms with Crippen LogP contribution in [-0.4, -0.2) is 12.6 Å². The van der Waals surface area contributed by atoms with Gasteiger partial charge >= 0.3 is 0 Å². The summed E-state index contributed by atoms with van der Waals surface area (Å²) < 4.78 is 5.79. The summed E-state index contributed by atoms with van der Waals surface area (Å²) in [6.07, 6.45) is 3.89. The second-order valence-electron chi connectivity index (χ2n) is 6.56. The maximum atomic E-state index is 6.60. The summed E-state index contributed by atoms with van der Waals surface area (Å²) in [4.78, 5) is 0. The first-order chi connectivity index (χ1) is 9.16. The van der Waals surface area contributed by atoms with Crippen molar-refractivity contribution in [1.82, 2.24) is 0 Å². The van der Waals surface area contributed by atoms with Crippen LogP contribution in [0.1, 0.15) is 44.6 Å². The Labute approximate surface area is 116 Å². The molecule has 0 aromatic heterocycles. The summed E-state index contributed by atoms with van der Waals surface area (Å²) in [5.41, 5.74) is 7.92. The lowest BCUT2D eigenvalue weighted by molar-refractivity contribution is 0.167. The zero-order chi connectivity index (χ0) is 13.4. The molecule has 2 heteroatoms. The van der Waals surface area contributed by atoms with Crippen molar-refractivity contribution in [2.24, 2.45) is 23.5 Å². The zero-order valence-corrected chi connectivity index (χ0v) is 12.0. The number of hydrogen-bond acceptors (Lipinski definition) is 2. The normalized spacial score (nSPS) is 35.5. The number of hydrogen-bond donors (Lipinski definition) is 1. The first kappa shape index (κ1) is 13.0. The van der Waals surface area contributed by atoms with Crippen LogP contribution in [0.5, 0.6) is 5.75 Å². The Bertz CT molecular complexity index is 445. The van der Waals surface area contributed by atoms with Crippen LogP contribution in [0.25, 0.3) is 0 Å². The van der Waals surface area contributed by atoms with Crippen molar-refractivity contribution in [3.8, 4) is 5.75 Å². The molecular formula is C17H25NO. The van der Waals surface area contributed by atoms with Crippen LogP contribution >= 0.6 is 0 Å². The molecule has 1 fully saturated rings. The lowest BCUT2D eigenvalue weighted by atomic mass is 9.70. The molecule has 1 heterocycles. The summed E-state index contributed by atoms with van der Waals surface area (Å²) >= 11 is 0. The van der Waals surface area contributed by atoms with Crippen LogP contribution in [0.2, 0.25) is 0 Å². The van der Waals surface area contributed by atoms with Crippen molar-refractivity contribution in [1.29, 1.82) is 0 Å². The Morgan fingerprint density at radius 3 is 2.74 bits per heavy atom. The van der Waals surface area contributed by atoms with Crippen LogP contribution in [0.3, 0.4) is 0 Å². The highest BCUT2D eigenvalue weighted by atomic mass is 16.5. The molecule has 0 radical (unpaired) electrons. The van der Waals surface area contributed by atoms with Gasteiger partial charge in [0.05, 0.1) is 6.61 Å². The molecule has 1 aromatic rings. The lowest BCUT2D eigenvalue weighted by Crippen LogP contribution is -2.40. The van der Waals surface area contributed by atoms with Gasteiger partial charge in [0.1, 0.15) is 5.75 Å². The Kier molecular flexibility index (Phi) is 3.53. The fraction of sp³-hybridized carbons (Fsp3) is 0.647. The molecule has 1 aromatic carbocycles. The molecule has 1 aliphatic carbocycles. The molecule has 2 nitrogen and oxygen atoms in total. The van der Waals surface area contributed by atoms with Gasteiger partial charge in [0.15, 0.2) is 0 Å². The second-order valence-corrected chi connectivity index (χ2v) is 6.56. The van der Waals surface area contributed by atoms with Crippen LogP contribution in [-0.2, 0) is 0 Å². The van der Waals surface area contributed by atoms with E-state index in [1.165, 1.54) is 24.8 Å². The van der Waals surface area contributed by atoms with Gasteiger partial charge in [0.2, 0.25) is 0 Å². The van der Waals surface area contributed by atoms with Gasteiger partial charge in [0, 0.05) is 17.5 Å². The zero-order valence-electron chi connectivity index (χ0n) is 12.0. The van der Waals surface area contributed by atoms with E-state index in [9.17, 15) is 0 Å². The third-order valence-electron chi connectivity index (χ3n) is 5.38. The van der Waals surface area contributed by atoms with Gasteiger partial charge in [-0.1, -0.05) is 38.5 Å². The van der Waals surface area contributed by atoms with Gasteiger partial charge in [-0.2, -0.15) is 0 Å². The molecule has 0 amide bonds. The Morgan fingerprint density at radius 1 is 1.16 bits per heavy atom. The fourth-order valence-corrected chi connectivity index (χ4v) is 3.77. The highest BCUT2D eigenvalue weighted by molar-refractivity contribution is 5.40. The minimum Gasteiger partial charge on any atom is -0.493 e. The number of para-hydroxylation sites is 1. The van der Waals surface area contributed by atoms with E-state index in [1.807, 2.05) is 6.07 Å². The summed E-state index contributed by atoms with van der Waals surface area (Å²) in [5.74, 6) is 3.76. The molecule has 2 N–H and O–H groups in total. The Morgan fingerprint density at radius 2 is 1.95 bits per heavy atom. The van der Waals surface area contributed by atoms with Crippen molar-refractivity contribution < 1.29 is 4.74 Å². The predicted molar refractivity (Wildman–Crippen MR) is 78.3 cm³/mol. The van der Waals surface area contributed by atoms with Gasteiger partial charge in [-0.25, -0.2) is 0 Å². The van der Waals surface area contributed by atoms with Gasteiger partial charge in [-0.3, -0.25) is 0 Å². The molecule has 19 heavy (non-hydrogen) atoms. The quantitative estimate of drug-likeness (QED) is 0.881. The molecule has 1 aliphatic heterocycles. The first-order valence-corrected chi connectivity index (χ1v) is 7.64. The Balaban J connectivity index is 1.73. The molecule has 5 unspecified atom stereocenters. The standard InChI is InChI=1S/C17H25NO/c1-11-7-8-13(9-12(11)2)17(18)15-10-19-16-6-4-3-5-14(15)16/h3-6,11-13,15,17H,7-10,18H2,1-2H3. The third kappa shape index (κ3) is 2.38. The molecular weight excluding hydrogens is 234 g/mol. The van der Waals surface area contributed by atoms with Gasteiger partial charge < -0.3 is 10.5 Å². The van der Waals surface area contributed by atoms with E-state index in [2.05, 4.69) is 32.0 Å². The summed E-state index contributed by atoms with van der Waals surface area (Å²) in [7, 11) is 0. The molecule has 3 rings (SSSR count). The summed E-state index contributed by atoms with van der Waals surface area (Å²) in [6.45, 7) is 5.52.